The van der Waals surface area contributed by atoms with Crippen molar-refractivity contribution < 1.29 is 8.78 Å². The summed E-state index contributed by atoms with van der Waals surface area (Å²) < 4.78 is 28.6. The maximum absolute atomic E-state index is 14.3. The second kappa shape index (κ2) is 27.6. The Hall–Kier alpha value is -13.3. The highest BCUT2D eigenvalue weighted by atomic mass is 28.3. The van der Waals surface area contributed by atoms with Crippen molar-refractivity contribution in [1.82, 2.24) is 0 Å². The molecule has 2 aliphatic carbocycles. The molecule has 16 aromatic rings. The van der Waals surface area contributed by atoms with Crippen LogP contribution in [0.3, 0.4) is 0 Å². The first kappa shape index (κ1) is 70.1. The molecule has 16 aromatic carbocycles. The molecule has 19 rings (SSSR count). The molecular formula is C108H82F2N2Si. The second-order valence-electron chi connectivity index (χ2n) is 31.4. The van der Waals surface area contributed by atoms with E-state index in [1.807, 2.05) is 36.4 Å². The summed E-state index contributed by atoms with van der Waals surface area (Å²) in [7, 11) is -2.38. The first-order valence-electron chi connectivity index (χ1n) is 39.0. The third-order valence-electron chi connectivity index (χ3n) is 24.5. The van der Waals surface area contributed by atoms with Crippen molar-refractivity contribution in [3.05, 3.63) is 455 Å². The average molecular weight is 1470 g/mol. The Kier molecular flexibility index (Phi) is 17.1. The van der Waals surface area contributed by atoms with Crippen LogP contribution in [-0.2, 0) is 10.8 Å². The fourth-order valence-corrected chi connectivity index (χ4v) is 22.0. The van der Waals surface area contributed by atoms with Crippen LogP contribution >= 0.6 is 0 Å². The summed E-state index contributed by atoms with van der Waals surface area (Å²) in [5.74, 6) is -0.510. The molecule has 542 valence electrons. The number of halogens is 2. The predicted octanol–water partition coefficient (Wildman–Crippen LogP) is 27.6. The van der Waals surface area contributed by atoms with Gasteiger partial charge in [-0.25, -0.2) is 8.78 Å². The number of benzene rings is 16. The van der Waals surface area contributed by atoms with E-state index in [-0.39, 0.29) is 11.6 Å². The van der Waals surface area contributed by atoms with E-state index in [9.17, 15) is 8.78 Å². The molecule has 1 aliphatic heterocycles. The Morgan fingerprint density at radius 2 is 0.593 bits per heavy atom. The summed E-state index contributed by atoms with van der Waals surface area (Å²) in [6.45, 7) is 22.3. The zero-order valence-electron chi connectivity index (χ0n) is 64.2. The lowest BCUT2D eigenvalue weighted by Crippen LogP contribution is -2.49. The maximum atomic E-state index is 14.3. The Morgan fingerprint density at radius 1 is 0.265 bits per heavy atom. The molecule has 2 atom stereocenters. The molecule has 0 bridgehead atoms. The normalized spacial score (nSPS) is 15.1. The smallest absolute Gasteiger partial charge is 0.123 e. The standard InChI is InChI=1S/C108H82F2N2Si/c1-9-73-29-41-83(42-30-73)107(101-61-69(3)25-27-71(101)5)99-23-13-11-21-93(99)95-57-53-91(67-103(95)107)111(87-49-37-77(38-50-87)81-19-15-17-79(63-81)75-33-45-85(109)46-34-75)89-55-59-105-97(65-89)98-66-90(56-60-106(98)113(105,7)8)112(88-51-39-78(40-52-88)82-20-16-18-80(64-82)76-35-47-86(110)48-36-76)92-54-58-96-94-22-12-14-24-100(94)108(104(96)68-92,84-43-31-74(10-2)32-44-84)102-62-70(4)26-28-72(102)6/h9-68H,1-2H2,3-8H3. The van der Waals surface area contributed by atoms with Crippen molar-refractivity contribution in [3.8, 4) is 77.9 Å². The molecule has 0 saturated carbocycles. The largest absolute Gasteiger partial charge is 0.310 e. The second-order valence-corrected chi connectivity index (χ2v) is 35.7. The SMILES string of the molecule is C=Cc1ccc(C2(c3cc(C)ccc3C)c3ccccc3-c3ccc(N(c4ccc(-c5cccc(-c6ccc(F)cc6)c5)cc4)c4ccc5c(c4)-c4cc(N(c6ccc(-c7cccc(-c8ccc(F)cc8)c7)cc6)c6ccc7c(c6)C(c6ccc(C=C)cc6)(c6cc(C)ccc6C)c6ccccc6-7)ccc4[Si]5(C)C)cc32)cc1. The lowest BCUT2D eigenvalue weighted by Gasteiger charge is -2.36. The molecular weight excluding hydrogens is 1390 g/mol. The molecule has 113 heavy (non-hydrogen) atoms. The summed E-state index contributed by atoms with van der Waals surface area (Å²) in [6, 6.07) is 128. The Morgan fingerprint density at radius 3 is 0.965 bits per heavy atom. The summed E-state index contributed by atoms with van der Waals surface area (Å²) >= 11 is 0. The minimum absolute atomic E-state index is 0.255. The fourth-order valence-electron chi connectivity index (χ4n) is 18.9. The van der Waals surface area contributed by atoms with E-state index in [1.54, 1.807) is 0 Å². The van der Waals surface area contributed by atoms with Gasteiger partial charge < -0.3 is 9.80 Å². The van der Waals surface area contributed by atoms with E-state index >= 15 is 0 Å². The molecule has 0 spiro atoms. The minimum Gasteiger partial charge on any atom is -0.310 e. The third kappa shape index (κ3) is 11.5. The van der Waals surface area contributed by atoms with Crippen molar-refractivity contribution in [2.75, 3.05) is 9.80 Å². The van der Waals surface area contributed by atoms with Crippen molar-refractivity contribution in [1.29, 1.82) is 0 Å². The van der Waals surface area contributed by atoms with Gasteiger partial charge in [-0.15, -0.1) is 0 Å². The van der Waals surface area contributed by atoms with E-state index in [0.717, 1.165) is 89.8 Å². The molecule has 0 fully saturated rings. The van der Waals surface area contributed by atoms with E-state index in [0.29, 0.717) is 0 Å². The number of hydrogen-bond acceptors (Lipinski definition) is 2. The van der Waals surface area contributed by atoms with Crippen LogP contribution in [0.2, 0.25) is 13.1 Å². The first-order chi connectivity index (χ1) is 55.1. The van der Waals surface area contributed by atoms with Crippen LogP contribution < -0.4 is 20.2 Å². The molecule has 5 heteroatoms. The van der Waals surface area contributed by atoms with Crippen molar-refractivity contribution in [2.45, 2.75) is 51.6 Å². The molecule has 1 heterocycles. The van der Waals surface area contributed by atoms with Gasteiger partial charge >= 0.3 is 0 Å². The third-order valence-corrected chi connectivity index (χ3v) is 28.0. The van der Waals surface area contributed by atoms with Crippen molar-refractivity contribution in [3.63, 3.8) is 0 Å². The van der Waals surface area contributed by atoms with Gasteiger partial charge in [0.25, 0.3) is 0 Å². The number of anilines is 6. The van der Waals surface area contributed by atoms with Crippen LogP contribution in [0.15, 0.2) is 365 Å². The highest BCUT2D eigenvalue weighted by molar-refractivity contribution is 7.03. The first-order valence-corrected chi connectivity index (χ1v) is 42.0. The number of aryl methyl sites for hydroxylation is 4. The zero-order chi connectivity index (χ0) is 77.0. The van der Waals surface area contributed by atoms with Gasteiger partial charge in [-0.3, -0.25) is 0 Å². The predicted molar refractivity (Wildman–Crippen MR) is 473 cm³/mol. The Labute approximate surface area is 663 Å². The molecule has 3 aliphatic rings. The molecule has 0 radical (unpaired) electrons. The van der Waals surface area contributed by atoms with Gasteiger partial charge in [-0.05, 0) is 292 Å². The molecule has 2 nitrogen and oxygen atoms in total. The van der Waals surface area contributed by atoms with Crippen LogP contribution in [0.25, 0.3) is 90.0 Å². The van der Waals surface area contributed by atoms with E-state index in [2.05, 4.69) is 367 Å². The highest BCUT2D eigenvalue weighted by Crippen LogP contribution is 2.61. The van der Waals surface area contributed by atoms with Crippen molar-refractivity contribution >= 4 is 64.7 Å². The molecule has 0 amide bonds. The zero-order valence-corrected chi connectivity index (χ0v) is 65.2. The van der Waals surface area contributed by atoms with Gasteiger partial charge in [0.05, 0.1) is 10.8 Å². The van der Waals surface area contributed by atoms with Crippen molar-refractivity contribution in [2.24, 2.45) is 0 Å². The summed E-state index contributed by atoms with van der Waals surface area (Å²) in [6.07, 6.45) is 3.86. The monoisotopic (exact) mass is 1470 g/mol. The number of nitrogens with zero attached hydrogens (tertiary/aromatic N) is 2. The van der Waals surface area contributed by atoms with Crippen LogP contribution in [0.1, 0.15) is 77.9 Å². The van der Waals surface area contributed by atoms with Gasteiger partial charge in [0.2, 0.25) is 0 Å². The minimum atomic E-state index is -2.38. The molecule has 0 aromatic heterocycles. The van der Waals surface area contributed by atoms with Crippen LogP contribution in [0, 0.1) is 39.3 Å². The average Bonchev–Trinajstić information content (AvgIpc) is 1.55. The fraction of sp³-hybridized carbons (Fsp3) is 0.0741. The van der Waals surface area contributed by atoms with Crippen LogP contribution in [0.5, 0.6) is 0 Å². The quantitative estimate of drug-likeness (QED) is 0.0890. The Bertz CT molecular complexity index is 6100. The molecule has 0 N–H and O–H groups in total. The van der Waals surface area contributed by atoms with E-state index in [1.165, 1.54) is 135 Å². The van der Waals surface area contributed by atoms with Gasteiger partial charge in [0, 0.05) is 34.1 Å². The summed E-state index contributed by atoms with van der Waals surface area (Å²) in [4.78, 5) is 4.96. The lowest BCUT2D eigenvalue weighted by molar-refractivity contribution is 0.627. The molecule has 0 saturated heterocycles. The van der Waals surface area contributed by atoms with E-state index < -0.39 is 18.9 Å². The molecule has 2 unspecified atom stereocenters. The van der Waals surface area contributed by atoms with Gasteiger partial charge in [-0.2, -0.15) is 0 Å². The lowest BCUT2D eigenvalue weighted by atomic mass is 9.66. The topological polar surface area (TPSA) is 6.48 Å². The number of rotatable bonds is 16. The van der Waals surface area contributed by atoms with E-state index in [4.69, 9.17) is 0 Å². The van der Waals surface area contributed by atoms with Gasteiger partial charge in [0.1, 0.15) is 19.7 Å². The Balaban J connectivity index is 0.806. The highest BCUT2D eigenvalue weighted by Gasteiger charge is 2.50. The number of fused-ring (bicyclic) bond motifs is 9. The van der Waals surface area contributed by atoms with Crippen LogP contribution in [-0.4, -0.2) is 8.07 Å². The maximum Gasteiger partial charge on any atom is 0.123 e. The van der Waals surface area contributed by atoms with Gasteiger partial charge in [-0.1, -0.05) is 292 Å². The number of hydrogen-bond donors (Lipinski definition) is 0. The van der Waals surface area contributed by atoms with Crippen LogP contribution in [0.4, 0.5) is 42.9 Å². The summed E-state index contributed by atoms with van der Waals surface area (Å²) in [5, 5.41) is 2.78. The van der Waals surface area contributed by atoms with Gasteiger partial charge in [0.15, 0.2) is 0 Å². The summed E-state index contributed by atoms with van der Waals surface area (Å²) in [5.41, 5.74) is 37.2.